The molecule has 1 aliphatic heterocycles. The van der Waals surface area contributed by atoms with Gasteiger partial charge < -0.3 is 25.0 Å². The lowest BCUT2D eigenvalue weighted by molar-refractivity contribution is 0.369. The molecule has 9 heteroatoms. The fourth-order valence-corrected chi connectivity index (χ4v) is 3.63. The van der Waals surface area contributed by atoms with Crippen molar-refractivity contribution in [3.8, 4) is 22.9 Å². The summed E-state index contributed by atoms with van der Waals surface area (Å²) in [6.45, 7) is 3.73. The zero-order chi connectivity index (χ0) is 21.6. The number of benzene rings is 2. The Labute approximate surface area is 181 Å². The highest BCUT2D eigenvalue weighted by Gasteiger charge is 2.21. The van der Waals surface area contributed by atoms with Crippen LogP contribution in [0.3, 0.4) is 0 Å². The quantitative estimate of drug-likeness (QED) is 0.428. The van der Waals surface area contributed by atoms with Crippen molar-refractivity contribution < 1.29 is 9.84 Å². The van der Waals surface area contributed by atoms with E-state index in [1.165, 1.54) is 0 Å². The van der Waals surface area contributed by atoms with Crippen LogP contribution >= 0.6 is 0 Å². The van der Waals surface area contributed by atoms with E-state index < -0.39 is 0 Å². The van der Waals surface area contributed by atoms with Gasteiger partial charge in [0.25, 0.3) is 0 Å². The highest BCUT2D eigenvalue weighted by Crippen LogP contribution is 2.27. The molecule has 2 aromatic carbocycles. The summed E-state index contributed by atoms with van der Waals surface area (Å²) < 4.78 is 5.19. The van der Waals surface area contributed by atoms with E-state index in [1.807, 2.05) is 42.5 Å². The van der Waals surface area contributed by atoms with Crippen LogP contribution in [-0.2, 0) is 6.54 Å². The van der Waals surface area contributed by atoms with Crippen molar-refractivity contribution >= 4 is 11.6 Å². The Bertz CT molecular complexity index is 1020. The molecule has 1 saturated heterocycles. The summed E-state index contributed by atoms with van der Waals surface area (Å²) in [6.07, 6.45) is 0. The highest BCUT2D eigenvalue weighted by atomic mass is 16.5. The number of methoxy groups -OCH3 is 1. The summed E-state index contributed by atoms with van der Waals surface area (Å²) in [5.41, 5.74) is 1.80. The molecular formula is C22H27N7O2. The number of phenolic OH excluding ortho intramolecular Hbond substituents is 1. The van der Waals surface area contributed by atoms with Crippen LogP contribution in [0.25, 0.3) is 11.4 Å². The molecule has 0 unspecified atom stereocenters. The number of piperazine rings is 1. The number of guanidine groups is 1. The molecule has 162 valence electrons. The molecule has 1 aromatic heterocycles. The molecule has 31 heavy (non-hydrogen) atoms. The van der Waals surface area contributed by atoms with Gasteiger partial charge in [-0.2, -0.15) is 5.10 Å². The summed E-state index contributed by atoms with van der Waals surface area (Å²) in [5, 5.41) is 20.7. The molecule has 1 fully saturated rings. The Balaban J connectivity index is 1.32. The molecule has 3 N–H and O–H groups in total. The van der Waals surface area contributed by atoms with Gasteiger partial charge in [0, 0.05) is 38.8 Å². The van der Waals surface area contributed by atoms with Gasteiger partial charge in [0.15, 0.2) is 11.8 Å². The minimum absolute atomic E-state index is 0.316. The number of hydrogen-bond acceptors (Lipinski definition) is 6. The van der Waals surface area contributed by atoms with Crippen LogP contribution in [-0.4, -0.2) is 71.5 Å². The lowest BCUT2D eigenvalue weighted by Gasteiger charge is -2.37. The number of aromatic nitrogens is 3. The van der Waals surface area contributed by atoms with Gasteiger partial charge in [-0.25, -0.2) is 4.98 Å². The van der Waals surface area contributed by atoms with Crippen LogP contribution in [0.1, 0.15) is 5.82 Å². The van der Waals surface area contributed by atoms with Crippen LogP contribution in [0, 0.1) is 0 Å². The maximum absolute atomic E-state index is 10.1. The van der Waals surface area contributed by atoms with Crippen LogP contribution < -0.4 is 15.0 Å². The molecule has 0 amide bonds. The van der Waals surface area contributed by atoms with Gasteiger partial charge in [-0.05, 0) is 36.4 Å². The minimum atomic E-state index is 0.316. The molecule has 0 spiro atoms. The first-order valence-electron chi connectivity index (χ1n) is 10.2. The lowest BCUT2D eigenvalue weighted by atomic mass is 10.2. The average molecular weight is 422 g/mol. The minimum Gasteiger partial charge on any atom is -0.506 e. The lowest BCUT2D eigenvalue weighted by Crippen LogP contribution is -2.52. The number of phenols is 1. The van der Waals surface area contributed by atoms with E-state index in [9.17, 15) is 5.11 Å². The second-order valence-corrected chi connectivity index (χ2v) is 7.20. The number of aromatic hydroxyl groups is 1. The monoisotopic (exact) mass is 421 g/mol. The second kappa shape index (κ2) is 9.38. The van der Waals surface area contributed by atoms with Gasteiger partial charge in [-0.15, -0.1) is 0 Å². The van der Waals surface area contributed by atoms with E-state index in [-0.39, 0.29) is 0 Å². The van der Waals surface area contributed by atoms with Crippen molar-refractivity contribution in [2.45, 2.75) is 6.54 Å². The Morgan fingerprint density at radius 1 is 1.13 bits per heavy atom. The van der Waals surface area contributed by atoms with Crippen molar-refractivity contribution in [2.24, 2.45) is 4.99 Å². The molecule has 0 saturated carbocycles. The van der Waals surface area contributed by atoms with Crippen molar-refractivity contribution in [1.82, 2.24) is 25.4 Å². The molecule has 1 aliphatic rings. The van der Waals surface area contributed by atoms with E-state index in [1.54, 1.807) is 20.2 Å². The van der Waals surface area contributed by atoms with E-state index in [0.29, 0.717) is 18.1 Å². The predicted molar refractivity (Wildman–Crippen MR) is 120 cm³/mol. The molecule has 0 aliphatic carbocycles. The first-order chi connectivity index (χ1) is 15.2. The Morgan fingerprint density at radius 3 is 2.55 bits per heavy atom. The van der Waals surface area contributed by atoms with Crippen LogP contribution in [0.5, 0.6) is 11.5 Å². The molecular weight excluding hydrogens is 394 g/mol. The zero-order valence-corrected chi connectivity index (χ0v) is 17.7. The number of aromatic amines is 1. The van der Waals surface area contributed by atoms with Crippen molar-refractivity contribution in [1.29, 1.82) is 0 Å². The topological polar surface area (TPSA) is 102 Å². The number of nitrogens with zero attached hydrogens (tertiary/aromatic N) is 5. The maximum atomic E-state index is 10.1. The summed E-state index contributed by atoms with van der Waals surface area (Å²) in [7, 11) is 3.42. The van der Waals surface area contributed by atoms with Crippen molar-refractivity contribution in [3.05, 3.63) is 54.4 Å². The van der Waals surface area contributed by atoms with Gasteiger partial charge in [0.1, 0.15) is 17.3 Å². The van der Waals surface area contributed by atoms with E-state index in [0.717, 1.165) is 55.0 Å². The predicted octanol–water partition coefficient (Wildman–Crippen LogP) is 2.08. The number of H-pyrrole nitrogens is 1. The standard InChI is InChI=1S/C22H27N7O2/c1-23-22(29-13-11-28(12-14-29)18-5-3-4-6-19(18)30)24-15-20-25-21(27-26-20)16-7-9-17(31-2)10-8-16/h3-10,30H,11-15H2,1-2H3,(H,23,24)(H,25,26,27). The van der Waals surface area contributed by atoms with Gasteiger partial charge in [-0.1, -0.05) is 12.1 Å². The number of nitrogens with one attached hydrogen (secondary N) is 2. The molecule has 0 atom stereocenters. The fraction of sp³-hybridized carbons (Fsp3) is 0.318. The van der Waals surface area contributed by atoms with Crippen molar-refractivity contribution in [3.63, 3.8) is 0 Å². The van der Waals surface area contributed by atoms with E-state index in [4.69, 9.17) is 4.74 Å². The molecule has 4 rings (SSSR count). The number of ether oxygens (including phenoxy) is 1. The third-order valence-electron chi connectivity index (χ3n) is 5.31. The number of hydrogen-bond donors (Lipinski definition) is 3. The third kappa shape index (κ3) is 4.71. The SMILES string of the molecule is CN=C(NCc1nc(-c2ccc(OC)cc2)n[nH]1)N1CCN(c2ccccc2O)CC1. The molecule has 2 heterocycles. The summed E-state index contributed by atoms with van der Waals surface area (Å²) in [4.78, 5) is 13.4. The Morgan fingerprint density at radius 2 is 1.87 bits per heavy atom. The molecule has 0 bridgehead atoms. The van der Waals surface area contributed by atoms with Gasteiger partial charge in [-0.3, -0.25) is 10.1 Å². The van der Waals surface area contributed by atoms with Crippen LogP contribution in [0.4, 0.5) is 5.69 Å². The summed E-state index contributed by atoms with van der Waals surface area (Å²) in [6, 6.07) is 15.1. The van der Waals surface area contributed by atoms with E-state index in [2.05, 4.69) is 35.3 Å². The third-order valence-corrected chi connectivity index (χ3v) is 5.31. The smallest absolute Gasteiger partial charge is 0.194 e. The highest BCUT2D eigenvalue weighted by molar-refractivity contribution is 5.80. The molecule has 0 radical (unpaired) electrons. The van der Waals surface area contributed by atoms with Gasteiger partial charge in [0.2, 0.25) is 0 Å². The van der Waals surface area contributed by atoms with Crippen molar-refractivity contribution in [2.75, 3.05) is 45.2 Å². The van der Waals surface area contributed by atoms with Crippen LogP contribution in [0.15, 0.2) is 53.5 Å². The second-order valence-electron chi connectivity index (χ2n) is 7.20. The Kier molecular flexibility index (Phi) is 6.21. The molecule has 9 nitrogen and oxygen atoms in total. The Hall–Kier alpha value is -3.75. The number of rotatable bonds is 5. The first kappa shape index (κ1) is 20.5. The fourth-order valence-electron chi connectivity index (χ4n) is 3.63. The van der Waals surface area contributed by atoms with Gasteiger partial charge in [0.05, 0.1) is 19.3 Å². The number of para-hydroxylation sites is 2. The van der Waals surface area contributed by atoms with Crippen LogP contribution in [0.2, 0.25) is 0 Å². The average Bonchev–Trinajstić information content (AvgIpc) is 3.29. The normalized spacial score (nSPS) is 14.6. The largest absolute Gasteiger partial charge is 0.506 e. The number of aliphatic imine (C=N–C) groups is 1. The summed E-state index contributed by atoms with van der Waals surface area (Å²) in [5.74, 6) is 3.31. The number of anilines is 1. The summed E-state index contributed by atoms with van der Waals surface area (Å²) >= 11 is 0. The zero-order valence-electron chi connectivity index (χ0n) is 17.7. The maximum Gasteiger partial charge on any atom is 0.194 e. The van der Waals surface area contributed by atoms with Gasteiger partial charge >= 0.3 is 0 Å². The van der Waals surface area contributed by atoms with E-state index >= 15 is 0 Å². The first-order valence-corrected chi connectivity index (χ1v) is 10.2. The molecule has 3 aromatic rings.